The van der Waals surface area contributed by atoms with Gasteiger partial charge in [0.1, 0.15) is 18.1 Å². The summed E-state index contributed by atoms with van der Waals surface area (Å²) in [6, 6.07) is 20.0. The number of ether oxygens (including phenoxy) is 3. The van der Waals surface area contributed by atoms with Crippen molar-refractivity contribution >= 4 is 16.7 Å². The number of carbonyl (C=O) groups is 1. The molecule has 0 aliphatic rings. The first-order valence-electron chi connectivity index (χ1n) is 19.2. The lowest BCUT2D eigenvalue weighted by Crippen LogP contribution is -2.15. The standard InChI is InChI=1S/C43H64O4/c1-4-6-8-10-11-12-13-14-15-16-17-18-19-20-22-32-45-41-30-28-40-34-42(31-29-39(40)33-41)46-35-37-24-26-38(27-25-37)43(44)47-36(3)23-21-9-7-5-2/h24-31,33-34,36H,4-23,32,35H2,1-3H3/t36-/m1/s1. The van der Waals surface area contributed by atoms with Crippen LogP contribution in [-0.4, -0.2) is 18.7 Å². The fourth-order valence-electron chi connectivity index (χ4n) is 6.12. The van der Waals surface area contributed by atoms with Crippen LogP contribution in [0.25, 0.3) is 10.8 Å². The number of hydrogen-bond acceptors (Lipinski definition) is 4. The predicted molar refractivity (Wildman–Crippen MR) is 199 cm³/mol. The lowest BCUT2D eigenvalue weighted by molar-refractivity contribution is 0.0319. The normalized spacial score (nSPS) is 11.9. The minimum atomic E-state index is -0.256. The van der Waals surface area contributed by atoms with Gasteiger partial charge in [0.25, 0.3) is 0 Å². The summed E-state index contributed by atoms with van der Waals surface area (Å²) in [6.07, 6.45) is 26.2. The van der Waals surface area contributed by atoms with Crippen LogP contribution in [0.3, 0.4) is 0 Å². The lowest BCUT2D eigenvalue weighted by Gasteiger charge is -2.13. The number of carbonyl (C=O) groups excluding carboxylic acids is 1. The van der Waals surface area contributed by atoms with Crippen LogP contribution < -0.4 is 9.47 Å². The Morgan fingerprint density at radius 3 is 1.55 bits per heavy atom. The molecule has 0 amide bonds. The van der Waals surface area contributed by atoms with Gasteiger partial charge in [0.2, 0.25) is 0 Å². The highest BCUT2D eigenvalue weighted by Crippen LogP contribution is 2.26. The summed E-state index contributed by atoms with van der Waals surface area (Å²) in [5.74, 6) is 1.50. The summed E-state index contributed by atoms with van der Waals surface area (Å²) in [4.78, 5) is 12.5. The van der Waals surface area contributed by atoms with E-state index in [2.05, 4.69) is 44.2 Å². The topological polar surface area (TPSA) is 44.8 Å². The molecule has 0 heterocycles. The highest BCUT2D eigenvalue weighted by atomic mass is 16.5. The largest absolute Gasteiger partial charge is 0.494 e. The minimum absolute atomic E-state index is 0.0586. The second kappa shape index (κ2) is 24.2. The van der Waals surface area contributed by atoms with Gasteiger partial charge in [0.15, 0.2) is 0 Å². The summed E-state index contributed by atoms with van der Waals surface area (Å²) in [5, 5.41) is 2.28. The first kappa shape index (κ1) is 38.4. The lowest BCUT2D eigenvalue weighted by atomic mass is 10.0. The average Bonchev–Trinajstić information content (AvgIpc) is 3.09. The van der Waals surface area contributed by atoms with Crippen LogP contribution in [-0.2, 0) is 11.3 Å². The molecular formula is C43H64O4. The van der Waals surface area contributed by atoms with Crippen LogP contribution in [0.2, 0.25) is 0 Å². The zero-order valence-electron chi connectivity index (χ0n) is 30.0. The van der Waals surface area contributed by atoms with Crippen molar-refractivity contribution in [2.75, 3.05) is 6.61 Å². The molecule has 1 atom stereocenters. The molecule has 0 bridgehead atoms. The van der Waals surface area contributed by atoms with E-state index >= 15 is 0 Å². The van der Waals surface area contributed by atoms with Crippen molar-refractivity contribution in [3.63, 3.8) is 0 Å². The third-order valence-electron chi connectivity index (χ3n) is 9.17. The molecule has 4 heteroatoms. The minimum Gasteiger partial charge on any atom is -0.494 e. The van der Waals surface area contributed by atoms with E-state index in [9.17, 15) is 4.79 Å². The van der Waals surface area contributed by atoms with Gasteiger partial charge in [-0.3, -0.25) is 0 Å². The van der Waals surface area contributed by atoms with E-state index in [4.69, 9.17) is 14.2 Å². The third kappa shape index (κ3) is 16.6. The van der Waals surface area contributed by atoms with E-state index in [1.165, 1.54) is 109 Å². The Morgan fingerprint density at radius 1 is 0.553 bits per heavy atom. The zero-order chi connectivity index (χ0) is 33.4. The molecule has 0 N–H and O–H groups in total. The molecule has 47 heavy (non-hydrogen) atoms. The van der Waals surface area contributed by atoms with Gasteiger partial charge in [-0.25, -0.2) is 4.79 Å². The average molecular weight is 645 g/mol. The Bertz CT molecular complexity index is 1230. The van der Waals surface area contributed by atoms with Gasteiger partial charge in [-0.1, -0.05) is 147 Å². The molecule has 0 spiro atoms. The SMILES string of the molecule is CCCCCCCCCCCCCCCCCOc1ccc2cc(OCc3ccc(C(=O)O[C@H](C)CCCCCC)cc3)ccc2c1. The van der Waals surface area contributed by atoms with Gasteiger partial charge in [-0.05, 0) is 78.9 Å². The maximum Gasteiger partial charge on any atom is 0.338 e. The molecule has 0 aliphatic heterocycles. The van der Waals surface area contributed by atoms with E-state index < -0.39 is 0 Å². The Labute approximate surface area is 287 Å². The molecule has 0 aliphatic carbocycles. The van der Waals surface area contributed by atoms with E-state index in [1.54, 1.807) is 0 Å². The van der Waals surface area contributed by atoms with Crippen molar-refractivity contribution in [2.45, 2.75) is 162 Å². The maximum atomic E-state index is 12.5. The molecule has 0 saturated heterocycles. The van der Waals surface area contributed by atoms with Crippen LogP contribution >= 0.6 is 0 Å². The second-order valence-electron chi connectivity index (χ2n) is 13.5. The second-order valence-corrected chi connectivity index (χ2v) is 13.5. The van der Waals surface area contributed by atoms with Crippen molar-refractivity contribution in [1.82, 2.24) is 0 Å². The Kier molecular flexibility index (Phi) is 19.8. The Hall–Kier alpha value is -3.01. The van der Waals surface area contributed by atoms with Crippen LogP contribution in [0.5, 0.6) is 11.5 Å². The van der Waals surface area contributed by atoms with E-state index in [0.717, 1.165) is 53.7 Å². The quantitative estimate of drug-likeness (QED) is 0.0612. The monoisotopic (exact) mass is 644 g/mol. The van der Waals surface area contributed by atoms with Gasteiger partial charge >= 0.3 is 5.97 Å². The summed E-state index contributed by atoms with van der Waals surface area (Å²) in [6.45, 7) is 7.68. The fourth-order valence-corrected chi connectivity index (χ4v) is 6.12. The van der Waals surface area contributed by atoms with Crippen LogP contribution in [0.4, 0.5) is 0 Å². The molecule has 3 aromatic rings. The predicted octanol–water partition coefficient (Wildman–Crippen LogP) is 13.2. The van der Waals surface area contributed by atoms with Gasteiger partial charge in [-0.15, -0.1) is 0 Å². The van der Waals surface area contributed by atoms with Gasteiger partial charge in [0.05, 0.1) is 18.3 Å². The maximum absolute atomic E-state index is 12.5. The van der Waals surface area contributed by atoms with E-state index in [0.29, 0.717) is 12.2 Å². The van der Waals surface area contributed by atoms with Crippen molar-refractivity contribution in [2.24, 2.45) is 0 Å². The molecule has 260 valence electrons. The van der Waals surface area contributed by atoms with Crippen molar-refractivity contribution in [3.05, 3.63) is 71.8 Å². The fraction of sp³-hybridized carbons (Fsp3) is 0.605. The number of hydrogen-bond donors (Lipinski definition) is 0. The Morgan fingerprint density at radius 2 is 1.02 bits per heavy atom. The molecule has 3 aromatic carbocycles. The Balaban J connectivity index is 1.26. The summed E-state index contributed by atoms with van der Waals surface area (Å²) < 4.78 is 17.8. The van der Waals surface area contributed by atoms with Crippen molar-refractivity contribution in [3.8, 4) is 11.5 Å². The highest BCUT2D eigenvalue weighted by Gasteiger charge is 2.12. The van der Waals surface area contributed by atoms with Crippen LogP contribution in [0.1, 0.15) is 165 Å². The molecule has 0 fully saturated rings. The number of esters is 1. The zero-order valence-corrected chi connectivity index (χ0v) is 30.0. The number of fused-ring (bicyclic) bond motifs is 1. The van der Waals surface area contributed by atoms with E-state index in [-0.39, 0.29) is 12.1 Å². The molecule has 0 aromatic heterocycles. The molecule has 4 nitrogen and oxygen atoms in total. The molecular weight excluding hydrogens is 580 g/mol. The molecule has 0 radical (unpaired) electrons. The summed E-state index contributed by atoms with van der Waals surface area (Å²) >= 11 is 0. The number of rotatable bonds is 27. The first-order valence-corrected chi connectivity index (χ1v) is 19.2. The van der Waals surface area contributed by atoms with Gasteiger partial charge < -0.3 is 14.2 Å². The van der Waals surface area contributed by atoms with Crippen LogP contribution in [0, 0.1) is 0 Å². The summed E-state index contributed by atoms with van der Waals surface area (Å²) in [7, 11) is 0. The third-order valence-corrected chi connectivity index (χ3v) is 9.17. The van der Waals surface area contributed by atoms with Crippen LogP contribution in [0.15, 0.2) is 60.7 Å². The van der Waals surface area contributed by atoms with Gasteiger partial charge in [0, 0.05) is 0 Å². The highest BCUT2D eigenvalue weighted by molar-refractivity contribution is 5.89. The smallest absolute Gasteiger partial charge is 0.338 e. The van der Waals surface area contributed by atoms with Crippen molar-refractivity contribution in [1.29, 1.82) is 0 Å². The van der Waals surface area contributed by atoms with Gasteiger partial charge in [-0.2, -0.15) is 0 Å². The number of benzene rings is 3. The molecule has 3 rings (SSSR count). The molecule has 0 saturated carbocycles. The first-order chi connectivity index (χ1) is 23.1. The van der Waals surface area contributed by atoms with Crippen molar-refractivity contribution < 1.29 is 19.0 Å². The summed E-state index contributed by atoms with van der Waals surface area (Å²) in [5.41, 5.74) is 1.59. The van der Waals surface area contributed by atoms with E-state index in [1.807, 2.05) is 37.3 Å². The molecule has 0 unspecified atom stereocenters. The number of unbranched alkanes of at least 4 members (excludes halogenated alkanes) is 17.